The lowest BCUT2D eigenvalue weighted by Gasteiger charge is -2.38. The minimum Gasteiger partial charge on any atom is -0.372 e. The molecule has 3 atom stereocenters. The van der Waals surface area contributed by atoms with Gasteiger partial charge >= 0.3 is 6.03 Å². The number of aryl methyl sites for hydroxylation is 1. The Morgan fingerprint density at radius 2 is 2.11 bits per heavy atom. The molecule has 2 amide bonds. The number of fused-ring (bicyclic) bond motifs is 1. The van der Waals surface area contributed by atoms with Gasteiger partial charge in [-0.1, -0.05) is 31.2 Å². The molecule has 6 nitrogen and oxygen atoms in total. The van der Waals surface area contributed by atoms with Crippen LogP contribution in [0.4, 0.5) is 4.79 Å². The summed E-state index contributed by atoms with van der Waals surface area (Å²) in [4.78, 5) is 15.1. The molecule has 0 saturated carbocycles. The second kappa shape index (κ2) is 7.72. The van der Waals surface area contributed by atoms with Crippen LogP contribution in [-0.4, -0.2) is 39.4 Å². The number of urea groups is 1. The van der Waals surface area contributed by atoms with Crippen molar-refractivity contribution in [2.75, 3.05) is 6.61 Å². The maximum Gasteiger partial charge on any atom is 0.318 e. The fourth-order valence-electron chi connectivity index (χ4n) is 4.28. The summed E-state index contributed by atoms with van der Waals surface area (Å²) in [6.45, 7) is 3.50. The number of carbonyl (C=O) groups is 1. The molecule has 0 bridgehead atoms. The van der Waals surface area contributed by atoms with Crippen molar-refractivity contribution in [3.63, 3.8) is 0 Å². The Balaban J connectivity index is 1.43. The molecular formula is C21H28N4O2. The maximum atomic E-state index is 13.1. The lowest BCUT2D eigenvalue weighted by molar-refractivity contribution is -0.00348. The molecule has 4 rings (SSSR count). The highest BCUT2D eigenvalue weighted by Crippen LogP contribution is 2.29. The first-order valence-electron chi connectivity index (χ1n) is 9.89. The number of nitrogens with one attached hydrogen (secondary N) is 1. The number of amides is 2. The van der Waals surface area contributed by atoms with Gasteiger partial charge in [-0.05, 0) is 42.9 Å². The third-order valence-corrected chi connectivity index (χ3v) is 5.89. The summed E-state index contributed by atoms with van der Waals surface area (Å²) in [5, 5.41) is 7.51. The van der Waals surface area contributed by atoms with Crippen molar-refractivity contribution in [3.05, 3.63) is 53.3 Å². The molecule has 0 radical (unpaired) electrons. The normalized spacial score (nSPS) is 25.1. The number of benzene rings is 1. The van der Waals surface area contributed by atoms with Crippen molar-refractivity contribution in [2.45, 2.75) is 57.3 Å². The molecule has 2 aromatic rings. The molecule has 2 aliphatic rings. The SMILES string of the molecule is CCC1Cc2ccccc2CN1C(=O)NC1CCOC(c2ccnn2C)C1. The summed E-state index contributed by atoms with van der Waals surface area (Å²) in [6, 6.07) is 10.9. The number of ether oxygens (including phenoxy) is 1. The summed E-state index contributed by atoms with van der Waals surface area (Å²) >= 11 is 0. The molecule has 1 saturated heterocycles. The van der Waals surface area contributed by atoms with Crippen LogP contribution in [0.5, 0.6) is 0 Å². The van der Waals surface area contributed by atoms with Gasteiger partial charge in [-0.3, -0.25) is 4.68 Å². The molecule has 1 N–H and O–H groups in total. The average molecular weight is 368 g/mol. The van der Waals surface area contributed by atoms with Crippen LogP contribution in [0, 0.1) is 0 Å². The highest BCUT2D eigenvalue weighted by atomic mass is 16.5. The Bertz CT molecular complexity index is 803. The van der Waals surface area contributed by atoms with E-state index in [2.05, 4.69) is 41.6 Å². The van der Waals surface area contributed by atoms with Gasteiger partial charge in [0, 0.05) is 38.5 Å². The maximum absolute atomic E-state index is 13.1. The van der Waals surface area contributed by atoms with Crippen LogP contribution in [0.25, 0.3) is 0 Å². The lowest BCUT2D eigenvalue weighted by atomic mass is 9.93. The Morgan fingerprint density at radius 1 is 1.30 bits per heavy atom. The predicted molar refractivity (Wildman–Crippen MR) is 103 cm³/mol. The molecule has 6 heteroatoms. The molecule has 0 spiro atoms. The van der Waals surface area contributed by atoms with Gasteiger partial charge in [0.2, 0.25) is 0 Å². The molecular weight excluding hydrogens is 340 g/mol. The highest BCUT2D eigenvalue weighted by molar-refractivity contribution is 5.75. The summed E-state index contributed by atoms with van der Waals surface area (Å²) in [5.74, 6) is 0. The fourth-order valence-corrected chi connectivity index (χ4v) is 4.28. The standard InChI is InChI=1S/C21H28N4O2/c1-3-18-12-15-6-4-5-7-16(15)14-25(18)21(26)23-17-9-11-27-20(13-17)19-8-10-22-24(19)2/h4-8,10,17-18,20H,3,9,11-14H2,1-2H3,(H,23,26). The first-order valence-corrected chi connectivity index (χ1v) is 9.89. The van der Waals surface area contributed by atoms with Gasteiger partial charge < -0.3 is 15.0 Å². The second-order valence-electron chi connectivity index (χ2n) is 7.57. The first kappa shape index (κ1) is 18.0. The number of aromatic nitrogens is 2. The molecule has 1 fully saturated rings. The third-order valence-electron chi connectivity index (χ3n) is 5.89. The second-order valence-corrected chi connectivity index (χ2v) is 7.57. The van der Waals surface area contributed by atoms with Crippen LogP contribution in [0.2, 0.25) is 0 Å². The van der Waals surface area contributed by atoms with Crippen LogP contribution >= 0.6 is 0 Å². The van der Waals surface area contributed by atoms with E-state index >= 15 is 0 Å². The quantitative estimate of drug-likeness (QED) is 0.905. The summed E-state index contributed by atoms with van der Waals surface area (Å²) in [5.41, 5.74) is 3.69. The van der Waals surface area contributed by atoms with Crippen LogP contribution in [0.3, 0.4) is 0 Å². The number of hydrogen-bond acceptors (Lipinski definition) is 3. The summed E-state index contributed by atoms with van der Waals surface area (Å²) in [7, 11) is 1.93. The summed E-state index contributed by atoms with van der Waals surface area (Å²) < 4.78 is 7.77. The first-order chi connectivity index (χ1) is 13.2. The Labute approximate surface area is 160 Å². The van der Waals surface area contributed by atoms with Crippen molar-refractivity contribution in [1.82, 2.24) is 20.0 Å². The van der Waals surface area contributed by atoms with E-state index in [0.29, 0.717) is 13.2 Å². The van der Waals surface area contributed by atoms with E-state index in [1.165, 1.54) is 11.1 Å². The van der Waals surface area contributed by atoms with Gasteiger partial charge in [-0.2, -0.15) is 5.10 Å². The van der Waals surface area contributed by atoms with Crippen molar-refractivity contribution in [1.29, 1.82) is 0 Å². The van der Waals surface area contributed by atoms with Gasteiger partial charge in [-0.25, -0.2) is 4.79 Å². The van der Waals surface area contributed by atoms with Crippen LogP contribution < -0.4 is 5.32 Å². The molecule has 2 aliphatic heterocycles. The van der Waals surface area contributed by atoms with Crippen molar-refractivity contribution < 1.29 is 9.53 Å². The molecule has 1 aromatic heterocycles. The van der Waals surface area contributed by atoms with E-state index in [0.717, 1.165) is 31.4 Å². The number of rotatable bonds is 3. The smallest absolute Gasteiger partial charge is 0.318 e. The van der Waals surface area contributed by atoms with E-state index in [4.69, 9.17) is 4.74 Å². The van der Waals surface area contributed by atoms with Gasteiger partial charge in [0.15, 0.2) is 0 Å². The van der Waals surface area contributed by atoms with E-state index < -0.39 is 0 Å². The largest absolute Gasteiger partial charge is 0.372 e. The topological polar surface area (TPSA) is 59.4 Å². The van der Waals surface area contributed by atoms with Crippen molar-refractivity contribution in [2.24, 2.45) is 7.05 Å². The molecule has 3 unspecified atom stereocenters. The average Bonchev–Trinajstić information content (AvgIpc) is 3.13. The molecule has 1 aromatic carbocycles. The minimum atomic E-state index is -0.0133. The fraction of sp³-hybridized carbons (Fsp3) is 0.524. The minimum absolute atomic E-state index is 0.0133. The number of carbonyl (C=O) groups excluding carboxylic acids is 1. The van der Waals surface area contributed by atoms with Gasteiger partial charge in [0.25, 0.3) is 0 Å². The lowest BCUT2D eigenvalue weighted by Crippen LogP contribution is -2.52. The molecule has 3 heterocycles. The van der Waals surface area contributed by atoms with E-state index in [1.54, 1.807) is 6.20 Å². The highest BCUT2D eigenvalue weighted by Gasteiger charge is 2.32. The van der Waals surface area contributed by atoms with E-state index in [9.17, 15) is 4.79 Å². The monoisotopic (exact) mass is 368 g/mol. The van der Waals surface area contributed by atoms with Crippen LogP contribution in [0.1, 0.15) is 49.1 Å². The summed E-state index contributed by atoms with van der Waals surface area (Å²) in [6.07, 6.45) is 5.31. The zero-order chi connectivity index (χ0) is 18.8. The van der Waals surface area contributed by atoms with Gasteiger partial charge in [0.1, 0.15) is 6.10 Å². The van der Waals surface area contributed by atoms with Gasteiger partial charge in [-0.15, -0.1) is 0 Å². The Kier molecular flexibility index (Phi) is 5.16. The molecule has 27 heavy (non-hydrogen) atoms. The zero-order valence-corrected chi connectivity index (χ0v) is 16.1. The number of hydrogen-bond donors (Lipinski definition) is 1. The van der Waals surface area contributed by atoms with Crippen LogP contribution in [0.15, 0.2) is 36.5 Å². The van der Waals surface area contributed by atoms with Crippen molar-refractivity contribution >= 4 is 6.03 Å². The molecule has 0 aliphatic carbocycles. The predicted octanol–water partition coefficient (Wildman–Crippen LogP) is 3.19. The van der Waals surface area contributed by atoms with E-state index in [-0.39, 0.29) is 24.2 Å². The zero-order valence-electron chi connectivity index (χ0n) is 16.1. The van der Waals surface area contributed by atoms with E-state index in [1.807, 2.05) is 22.7 Å². The van der Waals surface area contributed by atoms with Crippen molar-refractivity contribution in [3.8, 4) is 0 Å². The molecule has 144 valence electrons. The third kappa shape index (κ3) is 3.72. The Hall–Kier alpha value is -2.34. The Morgan fingerprint density at radius 3 is 2.85 bits per heavy atom. The van der Waals surface area contributed by atoms with Gasteiger partial charge in [0.05, 0.1) is 5.69 Å². The number of nitrogens with zero attached hydrogens (tertiary/aromatic N) is 3. The van der Waals surface area contributed by atoms with Crippen LogP contribution in [-0.2, 0) is 24.8 Å².